The van der Waals surface area contributed by atoms with Crippen molar-refractivity contribution in [3.8, 4) is 5.75 Å². The monoisotopic (exact) mass is 288 g/mol. The van der Waals surface area contributed by atoms with Crippen LogP contribution in [0.5, 0.6) is 5.75 Å². The molecular formula is C17H21FN2O. The van der Waals surface area contributed by atoms with E-state index in [1.54, 1.807) is 7.11 Å². The molecule has 0 saturated carbocycles. The van der Waals surface area contributed by atoms with Crippen molar-refractivity contribution in [1.29, 1.82) is 0 Å². The van der Waals surface area contributed by atoms with E-state index in [0.29, 0.717) is 5.75 Å². The number of benzene rings is 1. The summed E-state index contributed by atoms with van der Waals surface area (Å²) >= 11 is 0. The first kappa shape index (κ1) is 14.1. The molecule has 0 bridgehead atoms. The van der Waals surface area contributed by atoms with Crippen LogP contribution in [0.25, 0.3) is 0 Å². The third-order valence-electron chi connectivity index (χ3n) is 4.31. The predicted molar refractivity (Wildman–Crippen MR) is 81.1 cm³/mol. The van der Waals surface area contributed by atoms with Gasteiger partial charge in [-0.3, -0.25) is 4.90 Å². The van der Waals surface area contributed by atoms with E-state index in [1.807, 2.05) is 12.1 Å². The molecular weight excluding hydrogens is 267 g/mol. The summed E-state index contributed by atoms with van der Waals surface area (Å²) in [5.74, 6) is 0.398. The van der Waals surface area contributed by atoms with Crippen LogP contribution in [0.4, 0.5) is 4.39 Å². The number of rotatable bonds is 4. The number of fused-ring (bicyclic) bond motifs is 1. The molecule has 112 valence electrons. The quantitative estimate of drug-likeness (QED) is 0.861. The SMILES string of the molecule is COc1ccc(CCN2CCc3c(ccn3C)C2)c(F)c1. The second kappa shape index (κ2) is 5.90. The molecule has 1 aliphatic rings. The summed E-state index contributed by atoms with van der Waals surface area (Å²) in [5.41, 5.74) is 3.59. The van der Waals surface area contributed by atoms with Crippen LogP contribution in [0.2, 0.25) is 0 Å². The number of hydrogen-bond acceptors (Lipinski definition) is 2. The molecule has 3 nitrogen and oxygen atoms in total. The molecule has 0 saturated heterocycles. The average molecular weight is 288 g/mol. The number of halogens is 1. The number of aryl methyl sites for hydroxylation is 1. The van der Waals surface area contributed by atoms with E-state index in [9.17, 15) is 4.39 Å². The van der Waals surface area contributed by atoms with E-state index in [4.69, 9.17) is 4.74 Å². The van der Waals surface area contributed by atoms with E-state index in [2.05, 4.69) is 28.8 Å². The Kier molecular flexibility index (Phi) is 3.97. The van der Waals surface area contributed by atoms with E-state index >= 15 is 0 Å². The number of methoxy groups -OCH3 is 1. The Labute approximate surface area is 124 Å². The first-order valence-corrected chi connectivity index (χ1v) is 7.35. The third kappa shape index (κ3) is 2.95. The van der Waals surface area contributed by atoms with Gasteiger partial charge in [-0.05, 0) is 29.7 Å². The summed E-state index contributed by atoms with van der Waals surface area (Å²) < 4.78 is 21.2. The second-order valence-corrected chi connectivity index (χ2v) is 5.63. The van der Waals surface area contributed by atoms with Crippen molar-refractivity contribution in [1.82, 2.24) is 9.47 Å². The van der Waals surface area contributed by atoms with Crippen LogP contribution >= 0.6 is 0 Å². The van der Waals surface area contributed by atoms with Crippen LogP contribution in [-0.4, -0.2) is 29.7 Å². The highest BCUT2D eigenvalue weighted by Gasteiger charge is 2.18. The Hall–Kier alpha value is -1.81. The fourth-order valence-corrected chi connectivity index (χ4v) is 3.01. The van der Waals surface area contributed by atoms with Gasteiger partial charge in [0.15, 0.2) is 0 Å². The van der Waals surface area contributed by atoms with Crippen molar-refractivity contribution >= 4 is 0 Å². The zero-order valence-electron chi connectivity index (χ0n) is 12.6. The van der Waals surface area contributed by atoms with Crippen LogP contribution in [0, 0.1) is 5.82 Å². The fraction of sp³-hybridized carbons (Fsp3) is 0.412. The minimum absolute atomic E-state index is 0.174. The largest absolute Gasteiger partial charge is 0.497 e. The molecule has 0 spiro atoms. The van der Waals surface area contributed by atoms with Gasteiger partial charge < -0.3 is 9.30 Å². The van der Waals surface area contributed by atoms with Crippen molar-refractivity contribution < 1.29 is 9.13 Å². The average Bonchev–Trinajstić information content (AvgIpc) is 2.87. The van der Waals surface area contributed by atoms with E-state index < -0.39 is 0 Å². The highest BCUT2D eigenvalue weighted by Crippen LogP contribution is 2.21. The Morgan fingerprint density at radius 2 is 2.14 bits per heavy atom. The Morgan fingerprint density at radius 1 is 1.29 bits per heavy atom. The van der Waals surface area contributed by atoms with Crippen molar-refractivity contribution in [3.05, 3.63) is 53.1 Å². The Balaban J connectivity index is 1.61. The standard InChI is InChI=1S/C17H21FN2O/c1-19-8-5-14-12-20(10-7-17(14)19)9-6-13-3-4-15(21-2)11-16(13)18/h3-5,8,11H,6-7,9-10,12H2,1-2H3. The molecule has 3 rings (SSSR count). The van der Waals surface area contributed by atoms with Crippen LogP contribution in [-0.2, 0) is 26.4 Å². The third-order valence-corrected chi connectivity index (χ3v) is 4.31. The minimum Gasteiger partial charge on any atom is -0.497 e. The molecule has 4 heteroatoms. The second-order valence-electron chi connectivity index (χ2n) is 5.63. The van der Waals surface area contributed by atoms with Crippen LogP contribution in [0.15, 0.2) is 30.5 Å². The van der Waals surface area contributed by atoms with Gasteiger partial charge in [-0.1, -0.05) is 6.07 Å². The van der Waals surface area contributed by atoms with Crippen LogP contribution in [0.1, 0.15) is 16.8 Å². The molecule has 0 unspecified atom stereocenters. The highest BCUT2D eigenvalue weighted by atomic mass is 19.1. The van der Waals surface area contributed by atoms with Gasteiger partial charge in [0, 0.05) is 51.1 Å². The predicted octanol–water partition coefficient (Wildman–Crippen LogP) is 2.77. The van der Waals surface area contributed by atoms with Crippen LogP contribution in [0.3, 0.4) is 0 Å². The Bertz CT molecular complexity index is 636. The van der Waals surface area contributed by atoms with Crippen LogP contribution < -0.4 is 4.74 Å². The van der Waals surface area contributed by atoms with Crippen molar-refractivity contribution in [3.63, 3.8) is 0 Å². The van der Waals surface area contributed by atoms with Gasteiger partial charge in [0.2, 0.25) is 0 Å². The van der Waals surface area contributed by atoms with E-state index in [1.165, 1.54) is 17.3 Å². The van der Waals surface area contributed by atoms with Crippen molar-refractivity contribution in [2.75, 3.05) is 20.2 Å². The first-order chi connectivity index (χ1) is 10.2. The summed E-state index contributed by atoms with van der Waals surface area (Å²) in [4.78, 5) is 2.39. The summed E-state index contributed by atoms with van der Waals surface area (Å²) in [6.07, 6.45) is 3.93. The van der Waals surface area contributed by atoms with Crippen molar-refractivity contribution in [2.45, 2.75) is 19.4 Å². The molecule has 0 fully saturated rings. The normalized spacial score (nSPS) is 15.0. The lowest BCUT2D eigenvalue weighted by Crippen LogP contribution is -2.32. The lowest BCUT2D eigenvalue weighted by Gasteiger charge is -2.27. The number of ether oxygens (including phenoxy) is 1. The van der Waals surface area contributed by atoms with Gasteiger partial charge >= 0.3 is 0 Å². The van der Waals surface area contributed by atoms with Gasteiger partial charge in [0.05, 0.1) is 7.11 Å². The lowest BCUT2D eigenvalue weighted by atomic mass is 10.1. The summed E-state index contributed by atoms with van der Waals surface area (Å²) in [5, 5.41) is 0. The maximum atomic E-state index is 13.9. The number of hydrogen-bond donors (Lipinski definition) is 0. The van der Waals surface area contributed by atoms with E-state index in [-0.39, 0.29) is 5.82 Å². The topological polar surface area (TPSA) is 17.4 Å². The van der Waals surface area contributed by atoms with Gasteiger partial charge in [-0.15, -0.1) is 0 Å². The lowest BCUT2D eigenvalue weighted by molar-refractivity contribution is 0.254. The molecule has 1 aromatic carbocycles. The number of nitrogens with zero attached hydrogens (tertiary/aromatic N) is 2. The number of aromatic nitrogens is 1. The summed E-state index contributed by atoms with van der Waals surface area (Å²) in [6.45, 7) is 2.90. The first-order valence-electron chi connectivity index (χ1n) is 7.35. The molecule has 2 heterocycles. The van der Waals surface area contributed by atoms with Gasteiger partial charge in [0.25, 0.3) is 0 Å². The maximum absolute atomic E-state index is 13.9. The molecule has 0 aliphatic carbocycles. The van der Waals surface area contributed by atoms with Gasteiger partial charge in [-0.2, -0.15) is 0 Å². The zero-order chi connectivity index (χ0) is 14.8. The summed E-state index contributed by atoms with van der Waals surface area (Å²) in [7, 11) is 3.65. The highest BCUT2D eigenvalue weighted by molar-refractivity contribution is 5.29. The van der Waals surface area contributed by atoms with E-state index in [0.717, 1.165) is 38.0 Å². The van der Waals surface area contributed by atoms with Gasteiger partial charge in [0.1, 0.15) is 11.6 Å². The molecule has 0 N–H and O–H groups in total. The molecule has 0 amide bonds. The fourth-order valence-electron chi connectivity index (χ4n) is 3.01. The molecule has 0 atom stereocenters. The maximum Gasteiger partial charge on any atom is 0.130 e. The van der Waals surface area contributed by atoms with Crippen molar-refractivity contribution in [2.24, 2.45) is 7.05 Å². The smallest absolute Gasteiger partial charge is 0.130 e. The molecule has 2 aromatic rings. The zero-order valence-corrected chi connectivity index (χ0v) is 12.6. The Morgan fingerprint density at radius 3 is 2.90 bits per heavy atom. The molecule has 1 aliphatic heterocycles. The molecule has 0 radical (unpaired) electrons. The van der Waals surface area contributed by atoms with Gasteiger partial charge in [-0.25, -0.2) is 4.39 Å². The molecule has 1 aromatic heterocycles. The summed E-state index contributed by atoms with van der Waals surface area (Å²) in [6, 6.07) is 7.30. The molecule has 21 heavy (non-hydrogen) atoms. The minimum atomic E-state index is -0.174.